The van der Waals surface area contributed by atoms with E-state index in [0.29, 0.717) is 12.3 Å². The zero-order chi connectivity index (χ0) is 16.5. The monoisotopic (exact) mass is 303 g/mol. The second-order valence-electron chi connectivity index (χ2n) is 6.61. The van der Waals surface area contributed by atoms with E-state index in [2.05, 4.69) is 20.8 Å². The number of nitrogens with two attached hydrogens (primary N) is 1. The minimum absolute atomic E-state index is 0.204. The van der Waals surface area contributed by atoms with Crippen molar-refractivity contribution in [3.63, 3.8) is 0 Å². The van der Waals surface area contributed by atoms with Gasteiger partial charge in [-0.1, -0.05) is 33.8 Å². The molecule has 0 saturated heterocycles. The summed E-state index contributed by atoms with van der Waals surface area (Å²) in [4.78, 5) is 17.0. The first-order chi connectivity index (χ1) is 10.3. The van der Waals surface area contributed by atoms with Gasteiger partial charge in [0.2, 0.25) is 0 Å². The topological polar surface area (TPSA) is 70.1 Å². The van der Waals surface area contributed by atoms with Crippen molar-refractivity contribution >= 4 is 22.7 Å². The van der Waals surface area contributed by atoms with Crippen molar-refractivity contribution in [2.75, 3.05) is 12.3 Å². The number of ether oxygens (including phenoxy) is 1. The summed E-state index contributed by atoms with van der Waals surface area (Å²) >= 11 is 0. The molecule has 0 amide bonds. The molecule has 2 N–H and O–H groups in total. The van der Waals surface area contributed by atoms with Gasteiger partial charge in [0.1, 0.15) is 17.4 Å². The van der Waals surface area contributed by atoms with Crippen LogP contribution in [0, 0.1) is 0 Å². The summed E-state index contributed by atoms with van der Waals surface area (Å²) in [6, 6.07) is 5.21. The summed E-state index contributed by atoms with van der Waals surface area (Å²) in [5.41, 5.74) is 8.07. The third-order valence-electron chi connectivity index (χ3n) is 3.60. The maximum absolute atomic E-state index is 12.3. The van der Waals surface area contributed by atoms with E-state index < -0.39 is 6.04 Å². The molecule has 22 heavy (non-hydrogen) atoms. The van der Waals surface area contributed by atoms with E-state index in [9.17, 15) is 4.79 Å². The van der Waals surface area contributed by atoms with Gasteiger partial charge in [-0.15, -0.1) is 0 Å². The summed E-state index contributed by atoms with van der Waals surface area (Å²) < 4.78 is 7.25. The minimum Gasteiger partial charge on any atom is -0.464 e. The van der Waals surface area contributed by atoms with Crippen LogP contribution in [0.25, 0.3) is 11.0 Å². The lowest BCUT2D eigenvalue weighted by Crippen LogP contribution is -2.26. The van der Waals surface area contributed by atoms with Crippen LogP contribution in [0.1, 0.15) is 52.9 Å². The predicted octanol–water partition coefficient (Wildman–Crippen LogP) is 3.43. The second-order valence-corrected chi connectivity index (χ2v) is 6.61. The molecule has 5 nitrogen and oxygen atoms in total. The number of fused-ring (bicyclic) bond motifs is 1. The fraction of sp³-hybridized carbons (Fsp3) is 0.529. The second kappa shape index (κ2) is 5.99. The van der Waals surface area contributed by atoms with Crippen molar-refractivity contribution in [1.29, 1.82) is 0 Å². The van der Waals surface area contributed by atoms with Crippen LogP contribution >= 0.6 is 0 Å². The van der Waals surface area contributed by atoms with Crippen molar-refractivity contribution in [3.05, 3.63) is 24.0 Å². The molecule has 120 valence electrons. The number of rotatable bonds is 4. The van der Waals surface area contributed by atoms with Crippen LogP contribution in [0.3, 0.4) is 0 Å². The van der Waals surface area contributed by atoms with Crippen LogP contribution < -0.4 is 5.73 Å². The highest BCUT2D eigenvalue weighted by Crippen LogP contribution is 2.32. The smallest absolute Gasteiger partial charge is 0.328 e. The molecule has 1 unspecified atom stereocenters. The number of aromatic nitrogens is 2. The van der Waals surface area contributed by atoms with Crippen LogP contribution in [0.2, 0.25) is 0 Å². The summed E-state index contributed by atoms with van der Waals surface area (Å²) in [6.07, 6.45) is 0.808. The van der Waals surface area contributed by atoms with Crippen LogP contribution in [0.4, 0.5) is 5.69 Å². The number of nitrogen functional groups attached to an aromatic ring is 1. The van der Waals surface area contributed by atoms with Crippen molar-refractivity contribution in [2.24, 2.45) is 0 Å². The summed E-state index contributed by atoms with van der Waals surface area (Å²) in [7, 11) is 0. The first-order valence-electron chi connectivity index (χ1n) is 7.71. The number of hydrogen-bond donors (Lipinski definition) is 1. The number of para-hydroxylation sites is 1. The molecule has 1 heterocycles. The van der Waals surface area contributed by atoms with Gasteiger partial charge in [0.15, 0.2) is 0 Å². The van der Waals surface area contributed by atoms with Crippen LogP contribution in [-0.4, -0.2) is 22.1 Å². The molecule has 0 fully saturated rings. The Kier molecular flexibility index (Phi) is 4.44. The van der Waals surface area contributed by atoms with Gasteiger partial charge in [0, 0.05) is 5.41 Å². The molecule has 0 spiro atoms. The maximum Gasteiger partial charge on any atom is 0.328 e. The highest BCUT2D eigenvalue weighted by molar-refractivity contribution is 5.89. The lowest BCUT2D eigenvalue weighted by atomic mass is 9.95. The number of imidazole rings is 1. The Hall–Kier alpha value is -2.04. The third kappa shape index (κ3) is 2.93. The van der Waals surface area contributed by atoms with E-state index in [1.807, 2.05) is 36.6 Å². The minimum atomic E-state index is -0.437. The summed E-state index contributed by atoms with van der Waals surface area (Å²) in [5, 5.41) is 0. The number of nitrogens with zero attached hydrogens (tertiary/aromatic N) is 2. The van der Waals surface area contributed by atoms with Crippen molar-refractivity contribution in [3.8, 4) is 0 Å². The van der Waals surface area contributed by atoms with Crippen LogP contribution in [0.5, 0.6) is 0 Å². The van der Waals surface area contributed by atoms with Crippen LogP contribution in [0.15, 0.2) is 18.2 Å². The fourth-order valence-electron chi connectivity index (χ4n) is 2.49. The van der Waals surface area contributed by atoms with E-state index in [1.165, 1.54) is 0 Å². The van der Waals surface area contributed by atoms with Gasteiger partial charge in [0.05, 0.1) is 17.8 Å². The molecule has 1 aromatic carbocycles. The number of carbonyl (C=O) groups is 1. The molecule has 2 aromatic rings. The standard InChI is InChI=1S/C17H25N3O2/c1-6-10-22-15(21)11(2)20-13-9-7-8-12(18)14(13)19-16(20)17(3,4)5/h7-9,11H,6,10,18H2,1-5H3. The Morgan fingerprint density at radius 3 is 2.68 bits per heavy atom. The molecule has 2 rings (SSSR count). The van der Waals surface area contributed by atoms with Gasteiger partial charge in [-0.05, 0) is 25.5 Å². The lowest BCUT2D eigenvalue weighted by molar-refractivity contribution is -0.147. The molecular weight excluding hydrogens is 278 g/mol. The predicted molar refractivity (Wildman–Crippen MR) is 88.8 cm³/mol. The van der Waals surface area contributed by atoms with Crippen LogP contribution in [-0.2, 0) is 14.9 Å². The quantitative estimate of drug-likeness (QED) is 0.694. The third-order valence-corrected chi connectivity index (χ3v) is 3.60. The molecule has 5 heteroatoms. The molecule has 1 atom stereocenters. The van der Waals surface area contributed by atoms with Crippen molar-refractivity contribution in [1.82, 2.24) is 9.55 Å². The highest BCUT2D eigenvalue weighted by Gasteiger charge is 2.29. The number of hydrogen-bond acceptors (Lipinski definition) is 4. The zero-order valence-electron chi connectivity index (χ0n) is 14.0. The van der Waals surface area contributed by atoms with Gasteiger partial charge < -0.3 is 15.0 Å². The van der Waals surface area contributed by atoms with Crippen molar-refractivity contribution in [2.45, 2.75) is 52.5 Å². The number of esters is 1. The molecule has 0 bridgehead atoms. The van der Waals surface area contributed by atoms with Crippen molar-refractivity contribution < 1.29 is 9.53 Å². The Morgan fingerprint density at radius 2 is 2.09 bits per heavy atom. The molecule has 0 radical (unpaired) electrons. The average molecular weight is 303 g/mol. The summed E-state index contributed by atoms with van der Waals surface area (Å²) in [6.45, 7) is 10.5. The average Bonchev–Trinajstić information content (AvgIpc) is 2.85. The normalized spacial score (nSPS) is 13.3. The van der Waals surface area contributed by atoms with Gasteiger partial charge in [0.25, 0.3) is 0 Å². The molecule has 0 saturated carbocycles. The number of benzene rings is 1. The van der Waals surface area contributed by atoms with E-state index in [0.717, 1.165) is 23.3 Å². The number of carbonyl (C=O) groups excluding carboxylic acids is 1. The zero-order valence-corrected chi connectivity index (χ0v) is 14.0. The van der Waals surface area contributed by atoms with Gasteiger partial charge in [-0.2, -0.15) is 0 Å². The highest BCUT2D eigenvalue weighted by atomic mass is 16.5. The lowest BCUT2D eigenvalue weighted by Gasteiger charge is -2.23. The first-order valence-corrected chi connectivity index (χ1v) is 7.71. The molecule has 1 aromatic heterocycles. The van der Waals surface area contributed by atoms with E-state index in [4.69, 9.17) is 15.5 Å². The van der Waals surface area contributed by atoms with E-state index in [1.54, 1.807) is 0 Å². The Labute approximate surface area is 131 Å². The fourth-order valence-corrected chi connectivity index (χ4v) is 2.49. The first kappa shape index (κ1) is 16.3. The SMILES string of the molecule is CCCOC(=O)C(C)n1c(C(C)(C)C)nc2c(N)cccc21. The van der Waals surface area contributed by atoms with Gasteiger partial charge in [-0.25, -0.2) is 9.78 Å². The van der Waals surface area contributed by atoms with E-state index >= 15 is 0 Å². The molecule has 0 aliphatic heterocycles. The maximum atomic E-state index is 12.3. The Bertz CT molecular complexity index is 683. The van der Waals surface area contributed by atoms with Gasteiger partial charge >= 0.3 is 5.97 Å². The molecular formula is C17H25N3O2. The number of anilines is 1. The Balaban J connectivity index is 2.59. The van der Waals surface area contributed by atoms with Gasteiger partial charge in [-0.3, -0.25) is 0 Å². The molecule has 0 aliphatic rings. The Morgan fingerprint density at radius 1 is 1.41 bits per heavy atom. The van der Waals surface area contributed by atoms with E-state index in [-0.39, 0.29) is 11.4 Å². The largest absolute Gasteiger partial charge is 0.464 e. The molecule has 0 aliphatic carbocycles. The summed E-state index contributed by atoms with van der Waals surface area (Å²) in [5.74, 6) is 0.593.